The van der Waals surface area contributed by atoms with E-state index in [0.29, 0.717) is 0 Å². The van der Waals surface area contributed by atoms with Gasteiger partial charge in [-0.25, -0.2) is 0 Å². The van der Waals surface area contributed by atoms with Crippen LogP contribution < -0.4 is 5.19 Å². The summed E-state index contributed by atoms with van der Waals surface area (Å²) in [4.78, 5) is 0. The lowest BCUT2D eigenvalue weighted by atomic mass is 9.91. The maximum atomic E-state index is 6.66. The first-order valence-electron chi connectivity index (χ1n) is 13.6. The van der Waals surface area contributed by atoms with Crippen LogP contribution >= 0.6 is 11.6 Å². The normalized spacial score (nSPS) is 11.4. The lowest BCUT2D eigenvalue weighted by molar-refractivity contribution is 0.529. The molecule has 0 saturated heterocycles. The Labute approximate surface area is 203 Å². The molecule has 0 unspecified atom stereocenters. The number of unbranched alkanes of at least 4 members (excludes halogenated alkanes) is 15. The van der Waals surface area contributed by atoms with Gasteiger partial charge >= 0.3 is 0 Å². The van der Waals surface area contributed by atoms with Gasteiger partial charge in [0.15, 0.2) is 0 Å². The zero-order chi connectivity index (χ0) is 22.9. The molecule has 0 bridgehead atoms. The van der Waals surface area contributed by atoms with Crippen molar-refractivity contribution in [2.75, 3.05) is 0 Å². The standard InChI is InChI=1S/C29H50ClSi/c1-5-8-9-10-11-12-13-14-15-16-17-18-19-20-21-22-23-27-25(6-2)24(4)26(7-3)28(30)29(27)31/h5-23H2,1-4H3. The summed E-state index contributed by atoms with van der Waals surface area (Å²) in [6.07, 6.45) is 26.0. The zero-order valence-corrected chi connectivity index (χ0v) is 23.1. The Morgan fingerprint density at radius 3 is 1.32 bits per heavy atom. The van der Waals surface area contributed by atoms with Crippen LogP contribution in [-0.4, -0.2) is 10.2 Å². The summed E-state index contributed by atoms with van der Waals surface area (Å²) in [5.41, 5.74) is 5.72. The first-order valence-corrected chi connectivity index (χ1v) is 14.5. The molecule has 1 aromatic rings. The molecule has 0 spiro atoms. The molecule has 0 aliphatic heterocycles. The van der Waals surface area contributed by atoms with Crippen LogP contribution in [0.3, 0.4) is 0 Å². The van der Waals surface area contributed by atoms with Crippen molar-refractivity contribution in [3.8, 4) is 0 Å². The third-order valence-corrected chi connectivity index (χ3v) is 8.17. The van der Waals surface area contributed by atoms with Crippen molar-refractivity contribution in [2.24, 2.45) is 0 Å². The second kappa shape index (κ2) is 18.2. The van der Waals surface area contributed by atoms with Crippen LogP contribution in [0, 0.1) is 6.92 Å². The van der Waals surface area contributed by atoms with Gasteiger partial charge in [-0.15, -0.1) is 0 Å². The van der Waals surface area contributed by atoms with Crippen molar-refractivity contribution in [1.82, 2.24) is 0 Å². The predicted molar refractivity (Wildman–Crippen MR) is 144 cm³/mol. The number of hydrogen-bond acceptors (Lipinski definition) is 0. The van der Waals surface area contributed by atoms with E-state index in [-0.39, 0.29) is 0 Å². The Morgan fingerprint density at radius 2 is 0.935 bits per heavy atom. The van der Waals surface area contributed by atoms with Crippen LogP contribution in [0.25, 0.3) is 0 Å². The molecular formula is C29H50ClSi. The molecule has 0 fully saturated rings. The SMILES string of the molecule is CCCCCCCCCCCCCCCCCCc1c([Si])c(Cl)c(CC)c(C)c1CC. The van der Waals surface area contributed by atoms with Crippen molar-refractivity contribution < 1.29 is 0 Å². The molecular weight excluding hydrogens is 412 g/mol. The van der Waals surface area contributed by atoms with Crippen LogP contribution in [0.1, 0.15) is 146 Å². The minimum absolute atomic E-state index is 0.945. The van der Waals surface area contributed by atoms with Crippen molar-refractivity contribution in [1.29, 1.82) is 0 Å². The summed E-state index contributed by atoms with van der Waals surface area (Å²) in [6, 6.07) is 0. The van der Waals surface area contributed by atoms with E-state index in [2.05, 4.69) is 37.9 Å². The van der Waals surface area contributed by atoms with E-state index in [1.54, 1.807) is 0 Å². The number of halogens is 1. The van der Waals surface area contributed by atoms with E-state index in [4.69, 9.17) is 11.6 Å². The van der Waals surface area contributed by atoms with Gasteiger partial charge in [0, 0.05) is 5.02 Å². The monoisotopic (exact) mass is 461 g/mol. The molecule has 0 heterocycles. The fraction of sp³-hybridized carbons (Fsp3) is 0.793. The number of rotatable bonds is 19. The summed E-state index contributed by atoms with van der Waals surface area (Å²) in [5.74, 6) is 0. The number of hydrogen-bond donors (Lipinski definition) is 0. The molecule has 0 N–H and O–H groups in total. The Kier molecular flexibility index (Phi) is 16.9. The largest absolute Gasteiger partial charge is 0.0842 e. The van der Waals surface area contributed by atoms with Gasteiger partial charge in [0.2, 0.25) is 0 Å². The summed E-state index contributed by atoms with van der Waals surface area (Å²) in [5, 5.41) is 2.10. The molecule has 2 heteroatoms. The Morgan fingerprint density at radius 1 is 0.548 bits per heavy atom. The highest BCUT2D eigenvalue weighted by Gasteiger charge is 2.16. The van der Waals surface area contributed by atoms with Crippen LogP contribution in [0.2, 0.25) is 5.02 Å². The van der Waals surface area contributed by atoms with Crippen molar-refractivity contribution in [3.63, 3.8) is 0 Å². The molecule has 1 aromatic carbocycles. The molecule has 0 saturated carbocycles. The van der Waals surface area contributed by atoms with Crippen LogP contribution in [0.5, 0.6) is 0 Å². The van der Waals surface area contributed by atoms with Crippen LogP contribution in [-0.2, 0) is 19.3 Å². The van der Waals surface area contributed by atoms with Crippen molar-refractivity contribution in [3.05, 3.63) is 27.3 Å². The smallest absolute Gasteiger partial charge is 0.0737 e. The van der Waals surface area contributed by atoms with Gasteiger partial charge in [0.1, 0.15) is 0 Å². The second-order valence-electron chi connectivity index (χ2n) is 9.51. The maximum absolute atomic E-state index is 6.66. The van der Waals surface area contributed by atoms with E-state index < -0.39 is 0 Å². The van der Waals surface area contributed by atoms with Gasteiger partial charge < -0.3 is 0 Å². The Hall–Kier alpha value is -0.273. The summed E-state index contributed by atoms with van der Waals surface area (Å²) in [7, 11) is 3.87. The maximum Gasteiger partial charge on any atom is 0.0737 e. The second-order valence-corrected chi connectivity index (χ2v) is 10.4. The Bertz CT molecular complexity index is 593. The Balaban J connectivity index is 2.10. The van der Waals surface area contributed by atoms with E-state index in [9.17, 15) is 0 Å². The third-order valence-electron chi connectivity index (χ3n) is 7.04. The molecule has 31 heavy (non-hydrogen) atoms. The van der Waals surface area contributed by atoms with Crippen LogP contribution in [0.15, 0.2) is 0 Å². The van der Waals surface area contributed by atoms with E-state index in [0.717, 1.165) is 29.5 Å². The van der Waals surface area contributed by atoms with Crippen molar-refractivity contribution in [2.45, 2.75) is 150 Å². The summed E-state index contributed by atoms with van der Waals surface area (Å²) < 4.78 is 0. The van der Waals surface area contributed by atoms with E-state index >= 15 is 0 Å². The fourth-order valence-corrected chi connectivity index (χ4v) is 5.85. The topological polar surface area (TPSA) is 0 Å². The zero-order valence-electron chi connectivity index (χ0n) is 21.3. The summed E-state index contributed by atoms with van der Waals surface area (Å²) in [6.45, 7) is 9.03. The average molecular weight is 462 g/mol. The molecule has 0 nitrogen and oxygen atoms in total. The highest BCUT2D eigenvalue weighted by molar-refractivity contribution is 6.46. The van der Waals surface area contributed by atoms with E-state index in [1.165, 1.54) is 125 Å². The van der Waals surface area contributed by atoms with Gasteiger partial charge in [0.05, 0.1) is 10.2 Å². The first kappa shape index (κ1) is 28.8. The minimum Gasteiger partial charge on any atom is -0.0842 e. The van der Waals surface area contributed by atoms with Crippen molar-refractivity contribution >= 4 is 27.0 Å². The molecule has 0 aliphatic carbocycles. The minimum atomic E-state index is 0.945. The predicted octanol–water partition coefficient (Wildman–Crippen LogP) is 9.37. The van der Waals surface area contributed by atoms with Gasteiger partial charge in [-0.05, 0) is 60.0 Å². The molecule has 177 valence electrons. The quantitative estimate of drug-likeness (QED) is 0.142. The van der Waals surface area contributed by atoms with Gasteiger partial charge in [-0.2, -0.15) is 0 Å². The molecule has 0 atom stereocenters. The lowest BCUT2D eigenvalue weighted by Crippen LogP contribution is -2.19. The summed E-state index contributed by atoms with van der Waals surface area (Å²) >= 11 is 6.66. The molecule has 3 radical (unpaired) electrons. The highest BCUT2D eigenvalue weighted by Crippen LogP contribution is 2.27. The van der Waals surface area contributed by atoms with E-state index in [1.807, 2.05) is 0 Å². The first-order chi connectivity index (χ1) is 15.1. The number of benzene rings is 1. The highest BCUT2D eigenvalue weighted by atomic mass is 35.5. The molecule has 1 rings (SSSR count). The van der Waals surface area contributed by atoms with Crippen LogP contribution in [0.4, 0.5) is 0 Å². The van der Waals surface area contributed by atoms with Gasteiger partial charge in [-0.1, -0.05) is 129 Å². The molecule has 0 aromatic heterocycles. The third kappa shape index (κ3) is 10.9. The van der Waals surface area contributed by atoms with Gasteiger partial charge in [0.25, 0.3) is 0 Å². The van der Waals surface area contributed by atoms with Gasteiger partial charge in [-0.3, -0.25) is 0 Å². The molecule has 0 aliphatic rings. The fourth-order valence-electron chi connectivity index (χ4n) is 5.03. The molecule has 0 amide bonds. The average Bonchev–Trinajstić information content (AvgIpc) is 2.77. The lowest BCUT2D eigenvalue weighted by Gasteiger charge is -2.20.